The molecule has 10 heteroatoms. The Kier molecular flexibility index (Phi) is 5.13. The van der Waals surface area contributed by atoms with Crippen molar-refractivity contribution in [2.75, 3.05) is 5.32 Å². The minimum absolute atomic E-state index is 0.252. The molecule has 0 bridgehead atoms. The van der Waals surface area contributed by atoms with Gasteiger partial charge >= 0.3 is 17.8 Å². The molecule has 3 aromatic rings. The van der Waals surface area contributed by atoms with Crippen molar-refractivity contribution in [1.82, 2.24) is 20.1 Å². The number of benzene rings is 2. The van der Waals surface area contributed by atoms with E-state index >= 15 is 0 Å². The maximum absolute atomic E-state index is 13.1. The van der Waals surface area contributed by atoms with Crippen molar-refractivity contribution in [1.29, 1.82) is 0 Å². The average molecular weight is 430 g/mol. The lowest BCUT2D eigenvalue weighted by molar-refractivity contribution is 0.0975. The fourth-order valence-corrected chi connectivity index (χ4v) is 3.44. The standard InChI is InChI=1S/C20H20ClN5O4/c1-11(2)26-18(27)24-17(22-14-7-8-16-15(9-14)23-19(28)30-16)25(20(26)29)10-12-3-5-13(21)6-4-12/h3-9,11,17,22H,10H2,1-2H3,(H,23,28)(H,24,27). The molecule has 2 aromatic carbocycles. The topological polar surface area (TPSA) is 111 Å². The number of hydrogen-bond acceptors (Lipinski definition) is 5. The molecule has 9 nitrogen and oxygen atoms in total. The maximum atomic E-state index is 13.1. The lowest BCUT2D eigenvalue weighted by Crippen LogP contribution is -2.68. The lowest BCUT2D eigenvalue weighted by Gasteiger charge is -2.42. The van der Waals surface area contributed by atoms with Crippen molar-refractivity contribution in [2.45, 2.75) is 32.7 Å². The molecule has 0 spiro atoms. The molecule has 4 amide bonds. The van der Waals surface area contributed by atoms with Gasteiger partial charge in [0.15, 0.2) is 11.9 Å². The summed E-state index contributed by atoms with van der Waals surface area (Å²) in [6.07, 6.45) is -0.799. The molecule has 0 saturated carbocycles. The van der Waals surface area contributed by atoms with Gasteiger partial charge in [0.25, 0.3) is 0 Å². The van der Waals surface area contributed by atoms with Gasteiger partial charge in [-0.25, -0.2) is 19.3 Å². The number of aromatic amines is 1. The van der Waals surface area contributed by atoms with Crippen LogP contribution in [0, 0.1) is 0 Å². The normalized spacial score (nSPS) is 17.0. The third kappa shape index (κ3) is 3.84. The summed E-state index contributed by atoms with van der Waals surface area (Å²) in [5, 5.41) is 6.56. The largest absolute Gasteiger partial charge is 0.417 e. The van der Waals surface area contributed by atoms with Crippen LogP contribution in [0.3, 0.4) is 0 Å². The second-order valence-electron chi connectivity index (χ2n) is 7.22. The van der Waals surface area contributed by atoms with Gasteiger partial charge in [0.2, 0.25) is 0 Å². The molecule has 1 saturated heterocycles. The second kappa shape index (κ2) is 7.75. The Morgan fingerprint density at radius 2 is 1.87 bits per heavy atom. The summed E-state index contributed by atoms with van der Waals surface area (Å²) >= 11 is 5.96. The van der Waals surface area contributed by atoms with Gasteiger partial charge in [-0.1, -0.05) is 23.7 Å². The van der Waals surface area contributed by atoms with Crippen molar-refractivity contribution >= 4 is 40.5 Å². The number of urea groups is 2. The Balaban J connectivity index is 1.64. The Bertz CT molecular complexity index is 1150. The Morgan fingerprint density at radius 3 is 2.57 bits per heavy atom. The number of amides is 4. The van der Waals surface area contributed by atoms with Crippen LogP contribution in [-0.2, 0) is 6.54 Å². The third-order valence-corrected chi connectivity index (χ3v) is 5.00. The van der Waals surface area contributed by atoms with E-state index in [1.54, 1.807) is 44.2 Å². The number of halogens is 1. The molecule has 2 heterocycles. The smallest absolute Gasteiger partial charge is 0.408 e. The van der Waals surface area contributed by atoms with Crippen LogP contribution in [0.2, 0.25) is 5.02 Å². The van der Waals surface area contributed by atoms with Crippen LogP contribution in [0.15, 0.2) is 51.7 Å². The molecule has 0 radical (unpaired) electrons. The van der Waals surface area contributed by atoms with Gasteiger partial charge in [0.1, 0.15) is 0 Å². The molecule has 4 rings (SSSR count). The summed E-state index contributed by atoms with van der Waals surface area (Å²) in [7, 11) is 0. The number of fused-ring (bicyclic) bond motifs is 1. The lowest BCUT2D eigenvalue weighted by atomic mass is 10.2. The highest BCUT2D eigenvalue weighted by Gasteiger charge is 2.39. The minimum atomic E-state index is -0.799. The van der Waals surface area contributed by atoms with Crippen LogP contribution in [0.25, 0.3) is 11.1 Å². The molecular weight excluding hydrogens is 410 g/mol. The molecule has 1 fully saturated rings. The molecule has 1 aromatic heterocycles. The number of carbonyl (C=O) groups is 2. The van der Waals surface area contributed by atoms with Crippen LogP contribution in [-0.4, -0.2) is 39.2 Å². The quantitative estimate of drug-likeness (QED) is 0.574. The van der Waals surface area contributed by atoms with Gasteiger partial charge in [0.05, 0.1) is 12.1 Å². The highest BCUT2D eigenvalue weighted by molar-refractivity contribution is 6.30. The maximum Gasteiger partial charge on any atom is 0.417 e. The minimum Gasteiger partial charge on any atom is -0.408 e. The SMILES string of the molecule is CC(C)N1C(=O)NC(Nc2ccc3oc(=O)[nH]c3c2)N(Cc2ccc(Cl)cc2)C1=O. The van der Waals surface area contributed by atoms with Crippen molar-refractivity contribution in [2.24, 2.45) is 0 Å². The summed E-state index contributed by atoms with van der Waals surface area (Å²) in [6.45, 7) is 3.80. The molecule has 156 valence electrons. The molecule has 1 aliphatic rings. The summed E-state index contributed by atoms with van der Waals surface area (Å²) in [5.41, 5.74) is 2.37. The molecule has 1 unspecified atom stereocenters. The Hall–Kier alpha value is -3.46. The molecule has 1 atom stereocenters. The first-order chi connectivity index (χ1) is 14.3. The number of H-pyrrole nitrogens is 1. The number of anilines is 1. The number of oxazole rings is 1. The van der Waals surface area contributed by atoms with Gasteiger partial charge in [0, 0.05) is 16.8 Å². The van der Waals surface area contributed by atoms with Gasteiger partial charge in [-0.15, -0.1) is 0 Å². The van der Waals surface area contributed by atoms with Crippen molar-refractivity contribution in [3.8, 4) is 0 Å². The summed E-state index contributed by atoms with van der Waals surface area (Å²) in [6, 6.07) is 10.9. The summed E-state index contributed by atoms with van der Waals surface area (Å²) in [5.74, 6) is -0.555. The molecule has 30 heavy (non-hydrogen) atoms. The zero-order chi connectivity index (χ0) is 21.4. The van der Waals surface area contributed by atoms with E-state index in [-0.39, 0.29) is 12.6 Å². The van der Waals surface area contributed by atoms with E-state index in [4.69, 9.17) is 16.0 Å². The molecule has 3 N–H and O–H groups in total. The summed E-state index contributed by atoms with van der Waals surface area (Å²) in [4.78, 5) is 42.3. The van der Waals surface area contributed by atoms with Crippen molar-refractivity contribution in [3.63, 3.8) is 0 Å². The van der Waals surface area contributed by atoms with Crippen molar-refractivity contribution in [3.05, 3.63) is 63.6 Å². The van der Waals surface area contributed by atoms with Gasteiger partial charge in [-0.05, 0) is 49.7 Å². The second-order valence-corrected chi connectivity index (χ2v) is 7.66. The summed E-state index contributed by atoms with van der Waals surface area (Å²) < 4.78 is 5.01. The van der Waals surface area contributed by atoms with E-state index in [2.05, 4.69) is 15.6 Å². The first-order valence-corrected chi connectivity index (χ1v) is 9.74. The first-order valence-electron chi connectivity index (χ1n) is 9.36. The zero-order valence-corrected chi connectivity index (χ0v) is 17.1. The highest BCUT2D eigenvalue weighted by Crippen LogP contribution is 2.22. The van der Waals surface area contributed by atoms with Gasteiger partial charge in [-0.2, -0.15) is 0 Å². The van der Waals surface area contributed by atoms with E-state index in [9.17, 15) is 14.4 Å². The van der Waals surface area contributed by atoms with Crippen LogP contribution >= 0.6 is 11.6 Å². The van der Waals surface area contributed by atoms with E-state index in [1.165, 1.54) is 9.80 Å². The number of carbonyl (C=O) groups excluding carboxylic acids is 2. The van der Waals surface area contributed by atoms with Crippen molar-refractivity contribution < 1.29 is 14.0 Å². The molecule has 1 aliphatic heterocycles. The van der Waals surface area contributed by atoms with Crippen LogP contribution < -0.4 is 16.4 Å². The predicted octanol–water partition coefficient (Wildman–Crippen LogP) is 3.53. The highest BCUT2D eigenvalue weighted by atomic mass is 35.5. The van der Waals surface area contributed by atoms with E-state index in [1.807, 2.05) is 12.1 Å². The Labute approximate surface area is 176 Å². The Morgan fingerprint density at radius 1 is 1.13 bits per heavy atom. The number of imide groups is 1. The number of hydrogen-bond donors (Lipinski definition) is 3. The van der Waals surface area contributed by atoms with Gasteiger partial charge < -0.3 is 9.73 Å². The first kappa shape index (κ1) is 19.8. The van der Waals surface area contributed by atoms with Crippen LogP contribution in [0.5, 0.6) is 0 Å². The fraction of sp³-hybridized carbons (Fsp3) is 0.250. The predicted molar refractivity (Wildman–Crippen MR) is 112 cm³/mol. The molecular formula is C20H20ClN5O4. The fourth-order valence-electron chi connectivity index (χ4n) is 3.31. The third-order valence-electron chi connectivity index (χ3n) is 4.75. The van der Waals surface area contributed by atoms with E-state index < -0.39 is 24.1 Å². The van der Waals surface area contributed by atoms with E-state index in [0.29, 0.717) is 21.8 Å². The van der Waals surface area contributed by atoms with Gasteiger partial charge in [-0.3, -0.25) is 15.2 Å². The monoisotopic (exact) mass is 429 g/mol. The van der Waals surface area contributed by atoms with Crippen LogP contribution in [0.1, 0.15) is 19.4 Å². The van der Waals surface area contributed by atoms with E-state index in [0.717, 1.165) is 5.56 Å². The number of nitrogens with zero attached hydrogens (tertiary/aromatic N) is 2. The zero-order valence-electron chi connectivity index (χ0n) is 16.3. The number of rotatable bonds is 5. The van der Waals surface area contributed by atoms with Crippen LogP contribution in [0.4, 0.5) is 15.3 Å². The molecule has 0 aliphatic carbocycles. The number of aromatic nitrogens is 1. The average Bonchev–Trinajstić information content (AvgIpc) is 3.05. The number of nitrogens with one attached hydrogen (secondary N) is 3.